The average Bonchev–Trinajstić information content (AvgIpc) is 2.85. The number of aryl methyl sites for hydroxylation is 1. The lowest BCUT2D eigenvalue weighted by molar-refractivity contribution is 0.562. The van der Waals surface area contributed by atoms with Gasteiger partial charge in [0.25, 0.3) is 0 Å². The maximum Gasteiger partial charge on any atom is 0.240 e. The molecule has 0 aliphatic rings. The van der Waals surface area contributed by atoms with Crippen molar-refractivity contribution >= 4 is 33.8 Å². The number of rotatable bonds is 5. The van der Waals surface area contributed by atoms with E-state index in [-0.39, 0.29) is 29.9 Å². The lowest BCUT2D eigenvalue weighted by Gasteiger charge is -2.12. The summed E-state index contributed by atoms with van der Waals surface area (Å²) in [5.74, 6) is 0. The first-order valence-corrected chi connectivity index (χ1v) is 8.53. The monoisotopic (exact) mass is 347 g/mol. The second-order valence-corrected chi connectivity index (χ2v) is 7.15. The fourth-order valence-electron chi connectivity index (χ4n) is 1.66. The zero-order valence-electron chi connectivity index (χ0n) is 11.7. The SMILES string of the molecule is Cc1csc(-c2cccc(S(=O)(=O)N[C@H](C)CN)c2)n1.Cl. The summed E-state index contributed by atoms with van der Waals surface area (Å²) >= 11 is 1.49. The normalized spacial score (nSPS) is 12.7. The van der Waals surface area contributed by atoms with Crippen LogP contribution in [-0.2, 0) is 10.0 Å². The third kappa shape index (κ3) is 4.49. The molecule has 2 rings (SSSR count). The predicted molar refractivity (Wildman–Crippen MR) is 88.4 cm³/mol. The van der Waals surface area contributed by atoms with Crippen LogP contribution in [0.5, 0.6) is 0 Å². The molecule has 8 heteroatoms. The van der Waals surface area contributed by atoms with Crippen molar-refractivity contribution in [3.05, 3.63) is 35.3 Å². The Morgan fingerprint density at radius 2 is 2.14 bits per heavy atom. The van der Waals surface area contributed by atoms with Gasteiger partial charge in [-0.1, -0.05) is 12.1 Å². The van der Waals surface area contributed by atoms with Crippen molar-refractivity contribution in [2.75, 3.05) is 6.54 Å². The molecular formula is C13H18ClN3O2S2. The van der Waals surface area contributed by atoms with Gasteiger partial charge in [0.1, 0.15) is 5.01 Å². The van der Waals surface area contributed by atoms with Gasteiger partial charge in [-0.15, -0.1) is 23.7 Å². The van der Waals surface area contributed by atoms with Gasteiger partial charge in [0.15, 0.2) is 0 Å². The Morgan fingerprint density at radius 3 is 2.71 bits per heavy atom. The molecule has 0 bridgehead atoms. The van der Waals surface area contributed by atoms with Gasteiger partial charge in [-0.25, -0.2) is 18.1 Å². The first-order chi connectivity index (χ1) is 9.42. The third-order valence-electron chi connectivity index (χ3n) is 2.72. The lowest BCUT2D eigenvalue weighted by Crippen LogP contribution is -2.37. The number of hydrogen-bond acceptors (Lipinski definition) is 5. The molecule has 0 saturated carbocycles. The smallest absolute Gasteiger partial charge is 0.240 e. The maximum atomic E-state index is 12.2. The summed E-state index contributed by atoms with van der Waals surface area (Å²) in [4.78, 5) is 4.59. The van der Waals surface area contributed by atoms with Crippen LogP contribution in [-0.4, -0.2) is 26.0 Å². The van der Waals surface area contributed by atoms with Crippen LogP contribution in [0.15, 0.2) is 34.5 Å². The fraction of sp³-hybridized carbons (Fsp3) is 0.308. The minimum Gasteiger partial charge on any atom is -0.329 e. The Labute approximate surface area is 135 Å². The molecule has 2 aromatic rings. The van der Waals surface area contributed by atoms with Crippen LogP contribution >= 0.6 is 23.7 Å². The summed E-state index contributed by atoms with van der Waals surface area (Å²) in [7, 11) is -3.55. The minimum absolute atomic E-state index is 0. The van der Waals surface area contributed by atoms with Crippen LogP contribution in [0.2, 0.25) is 0 Å². The summed E-state index contributed by atoms with van der Waals surface area (Å²) < 4.78 is 26.9. The second kappa shape index (κ2) is 7.33. The van der Waals surface area contributed by atoms with Crippen molar-refractivity contribution in [2.45, 2.75) is 24.8 Å². The molecule has 1 heterocycles. The molecule has 116 valence electrons. The van der Waals surface area contributed by atoms with Gasteiger partial charge in [0, 0.05) is 29.2 Å². The van der Waals surface area contributed by atoms with Crippen LogP contribution in [0.1, 0.15) is 12.6 Å². The third-order valence-corrected chi connectivity index (χ3v) is 5.32. The molecule has 21 heavy (non-hydrogen) atoms. The van der Waals surface area contributed by atoms with E-state index in [4.69, 9.17) is 5.73 Å². The first-order valence-electron chi connectivity index (χ1n) is 6.17. The van der Waals surface area contributed by atoms with Crippen molar-refractivity contribution in [3.8, 4) is 10.6 Å². The number of hydrogen-bond donors (Lipinski definition) is 2. The van der Waals surface area contributed by atoms with E-state index in [1.807, 2.05) is 18.4 Å². The summed E-state index contributed by atoms with van der Waals surface area (Å²) in [5.41, 5.74) is 7.17. The van der Waals surface area contributed by atoms with Crippen molar-refractivity contribution < 1.29 is 8.42 Å². The molecule has 0 unspecified atom stereocenters. The molecule has 1 aromatic carbocycles. The standard InChI is InChI=1S/C13H17N3O2S2.ClH/c1-9(7-14)16-20(17,18)12-5-3-4-11(6-12)13-15-10(2)8-19-13;/h3-6,8-9,16H,7,14H2,1-2H3;1H/t9-;/m1./s1. The number of nitrogens with two attached hydrogens (primary N) is 1. The van der Waals surface area contributed by atoms with Crippen molar-refractivity contribution in [1.29, 1.82) is 0 Å². The van der Waals surface area contributed by atoms with Crippen LogP contribution in [0.25, 0.3) is 10.6 Å². The highest BCUT2D eigenvalue weighted by Gasteiger charge is 2.17. The number of aromatic nitrogens is 1. The van der Waals surface area contributed by atoms with Crippen molar-refractivity contribution in [1.82, 2.24) is 9.71 Å². The minimum atomic E-state index is -3.55. The van der Waals surface area contributed by atoms with Gasteiger partial charge >= 0.3 is 0 Å². The summed E-state index contributed by atoms with van der Waals surface area (Å²) in [6, 6.07) is 6.46. The Kier molecular flexibility index (Phi) is 6.30. The van der Waals surface area contributed by atoms with Gasteiger partial charge in [-0.05, 0) is 26.0 Å². The summed E-state index contributed by atoms with van der Waals surface area (Å²) in [6.07, 6.45) is 0. The maximum absolute atomic E-state index is 12.2. The van der Waals surface area contributed by atoms with Crippen LogP contribution in [0, 0.1) is 6.92 Å². The average molecular weight is 348 g/mol. The number of benzene rings is 1. The van der Waals surface area contributed by atoms with Crippen LogP contribution < -0.4 is 10.5 Å². The molecule has 0 radical (unpaired) electrons. The van der Waals surface area contributed by atoms with E-state index in [9.17, 15) is 8.42 Å². The molecule has 0 aliphatic carbocycles. The molecule has 1 aromatic heterocycles. The van der Waals surface area contributed by atoms with Crippen molar-refractivity contribution in [2.24, 2.45) is 5.73 Å². The molecule has 5 nitrogen and oxygen atoms in total. The highest BCUT2D eigenvalue weighted by molar-refractivity contribution is 7.89. The molecule has 3 N–H and O–H groups in total. The predicted octanol–water partition coefficient (Wildman–Crippen LogP) is 2.17. The largest absolute Gasteiger partial charge is 0.329 e. The van der Waals surface area contributed by atoms with Crippen LogP contribution in [0.3, 0.4) is 0 Å². The fourth-order valence-corrected chi connectivity index (χ4v) is 3.76. The zero-order valence-corrected chi connectivity index (χ0v) is 14.2. The number of sulfonamides is 1. The second-order valence-electron chi connectivity index (χ2n) is 4.58. The number of nitrogens with one attached hydrogen (secondary N) is 1. The molecule has 1 atom stereocenters. The van der Waals surface area contributed by atoms with Crippen molar-refractivity contribution in [3.63, 3.8) is 0 Å². The van der Waals surface area contributed by atoms with E-state index in [0.717, 1.165) is 16.3 Å². The lowest BCUT2D eigenvalue weighted by atomic mass is 10.2. The van der Waals surface area contributed by atoms with Gasteiger partial charge in [-0.3, -0.25) is 0 Å². The Hall–Kier alpha value is -0.990. The van der Waals surface area contributed by atoms with E-state index in [1.165, 1.54) is 11.3 Å². The molecular weight excluding hydrogens is 330 g/mol. The quantitative estimate of drug-likeness (QED) is 0.868. The highest BCUT2D eigenvalue weighted by atomic mass is 35.5. The van der Waals surface area contributed by atoms with E-state index < -0.39 is 10.0 Å². The zero-order chi connectivity index (χ0) is 14.8. The summed E-state index contributed by atoms with van der Waals surface area (Å²) in [5, 5.41) is 2.75. The molecule has 0 aliphatic heterocycles. The van der Waals surface area contributed by atoms with Gasteiger partial charge in [0.2, 0.25) is 10.0 Å². The molecule has 0 spiro atoms. The molecule has 0 saturated heterocycles. The topological polar surface area (TPSA) is 85.1 Å². The Morgan fingerprint density at radius 1 is 1.43 bits per heavy atom. The Balaban J connectivity index is 0.00000220. The van der Waals surface area contributed by atoms with E-state index in [2.05, 4.69) is 9.71 Å². The van der Waals surface area contributed by atoms with Gasteiger partial charge < -0.3 is 5.73 Å². The van der Waals surface area contributed by atoms with Gasteiger partial charge in [-0.2, -0.15) is 0 Å². The molecule has 0 amide bonds. The van der Waals surface area contributed by atoms with E-state index in [1.54, 1.807) is 25.1 Å². The number of nitrogens with zero attached hydrogens (tertiary/aromatic N) is 1. The van der Waals surface area contributed by atoms with E-state index >= 15 is 0 Å². The number of thiazole rings is 1. The Bertz CT molecular complexity index is 701. The van der Waals surface area contributed by atoms with Gasteiger partial charge in [0.05, 0.1) is 4.90 Å². The summed E-state index contributed by atoms with van der Waals surface area (Å²) in [6.45, 7) is 3.89. The van der Waals surface area contributed by atoms with E-state index in [0.29, 0.717) is 0 Å². The molecule has 0 fully saturated rings. The van der Waals surface area contributed by atoms with Crippen LogP contribution in [0.4, 0.5) is 0 Å². The number of halogens is 1. The highest BCUT2D eigenvalue weighted by Crippen LogP contribution is 2.25. The first kappa shape index (κ1) is 18.1.